The number of hydroxylamine groups is 1. The highest BCUT2D eigenvalue weighted by Gasteiger charge is 2.27. The Balaban J connectivity index is 2.69. The van der Waals surface area contributed by atoms with E-state index in [0.717, 1.165) is 0 Å². The number of nitrogens with two attached hydrogens (primary N) is 1. The molecule has 1 aromatic rings. The molecule has 0 aliphatic heterocycles. The minimum atomic E-state index is -4.37. The summed E-state index contributed by atoms with van der Waals surface area (Å²) >= 11 is 0. The van der Waals surface area contributed by atoms with Crippen molar-refractivity contribution >= 4 is 21.8 Å². The van der Waals surface area contributed by atoms with Gasteiger partial charge in [-0.25, -0.2) is 0 Å². The molecular formula is C16H20N2O6S. The molecule has 8 nitrogen and oxygen atoms in total. The predicted molar refractivity (Wildman–Crippen MR) is 88.9 cm³/mol. The van der Waals surface area contributed by atoms with Gasteiger partial charge in [-0.2, -0.15) is 8.42 Å². The van der Waals surface area contributed by atoms with Gasteiger partial charge in [0.2, 0.25) is 5.91 Å². The lowest BCUT2D eigenvalue weighted by molar-refractivity contribution is -0.146. The van der Waals surface area contributed by atoms with E-state index in [1.54, 1.807) is 6.92 Å². The lowest BCUT2D eigenvalue weighted by Crippen LogP contribution is -2.33. The van der Waals surface area contributed by atoms with E-state index in [9.17, 15) is 23.2 Å². The zero-order chi connectivity index (χ0) is 18.9. The number of rotatable bonds is 9. The maximum atomic E-state index is 12.2. The molecule has 0 aliphatic carbocycles. The number of benzene rings is 1. The number of hydrogen-bond donors (Lipinski definition) is 2. The topological polar surface area (TPSA) is 127 Å². The van der Waals surface area contributed by atoms with Crippen LogP contribution in [0.2, 0.25) is 0 Å². The molecule has 0 bridgehead atoms. The van der Waals surface area contributed by atoms with Gasteiger partial charge in [0.05, 0.1) is 4.90 Å². The molecule has 136 valence electrons. The van der Waals surface area contributed by atoms with Crippen molar-refractivity contribution < 1.29 is 28.0 Å². The Morgan fingerprint density at radius 1 is 1.20 bits per heavy atom. The molecule has 0 spiro atoms. The molecule has 9 heteroatoms. The van der Waals surface area contributed by atoms with E-state index in [1.165, 1.54) is 24.3 Å². The average Bonchev–Trinajstić information content (AvgIpc) is 2.58. The van der Waals surface area contributed by atoms with Crippen LogP contribution in [0.1, 0.15) is 32.6 Å². The minimum Gasteiger partial charge on any atom is -0.481 e. The molecule has 0 aromatic heterocycles. The number of carbonyl (C=O) groups excluding carboxylic acids is 2. The van der Waals surface area contributed by atoms with Gasteiger partial charge in [-0.05, 0) is 44.0 Å². The number of hydrogen-bond acceptors (Lipinski definition) is 6. The molecule has 0 saturated heterocycles. The molecule has 0 unspecified atom stereocenters. The van der Waals surface area contributed by atoms with Crippen LogP contribution in [0, 0.1) is 11.8 Å². The van der Waals surface area contributed by atoms with Crippen LogP contribution in [-0.2, 0) is 19.6 Å². The van der Waals surface area contributed by atoms with Crippen molar-refractivity contribution in [2.75, 3.05) is 6.61 Å². The summed E-state index contributed by atoms with van der Waals surface area (Å²) in [6.45, 7) is 1.83. The normalized spacial score (nSPS) is 10.5. The number of carbonyl (C=O) groups is 2. The number of primary amides is 1. The van der Waals surface area contributed by atoms with E-state index in [2.05, 4.69) is 11.8 Å². The van der Waals surface area contributed by atoms with Crippen molar-refractivity contribution in [1.29, 1.82) is 0 Å². The summed E-state index contributed by atoms with van der Waals surface area (Å²) in [4.78, 5) is 22.1. The Morgan fingerprint density at radius 3 is 2.36 bits per heavy atom. The minimum absolute atomic E-state index is 0.0926. The van der Waals surface area contributed by atoms with Crippen LogP contribution in [0.5, 0.6) is 5.75 Å². The van der Waals surface area contributed by atoms with Gasteiger partial charge in [-0.1, -0.05) is 5.92 Å². The van der Waals surface area contributed by atoms with Crippen LogP contribution in [-0.4, -0.2) is 36.5 Å². The van der Waals surface area contributed by atoms with Crippen LogP contribution in [0.4, 0.5) is 0 Å². The van der Waals surface area contributed by atoms with E-state index < -0.39 is 21.8 Å². The largest absolute Gasteiger partial charge is 0.481 e. The molecule has 1 aromatic carbocycles. The fourth-order valence-corrected chi connectivity index (χ4v) is 2.84. The van der Waals surface area contributed by atoms with E-state index in [4.69, 9.17) is 10.5 Å². The Labute approximate surface area is 146 Å². The second kappa shape index (κ2) is 9.66. The van der Waals surface area contributed by atoms with Gasteiger partial charge in [0.15, 0.2) is 0 Å². The number of ether oxygens (including phenoxy) is 1. The molecule has 1 rings (SSSR count). The molecule has 0 aliphatic rings. The van der Waals surface area contributed by atoms with Crippen LogP contribution >= 0.6 is 0 Å². The monoisotopic (exact) mass is 368 g/mol. The van der Waals surface area contributed by atoms with Gasteiger partial charge in [0.1, 0.15) is 12.4 Å². The summed E-state index contributed by atoms with van der Waals surface area (Å²) in [6.07, 6.45) is 0.441. The van der Waals surface area contributed by atoms with E-state index in [0.29, 0.717) is 12.2 Å². The Kier molecular flexibility index (Phi) is 7.91. The van der Waals surface area contributed by atoms with Gasteiger partial charge >= 0.3 is 0 Å². The molecule has 0 atom stereocenters. The van der Waals surface area contributed by atoms with Crippen molar-refractivity contribution in [3.63, 3.8) is 0 Å². The van der Waals surface area contributed by atoms with Gasteiger partial charge in [0.25, 0.3) is 15.9 Å². The maximum absolute atomic E-state index is 12.2. The lowest BCUT2D eigenvalue weighted by atomic mass is 10.2. The van der Waals surface area contributed by atoms with Crippen molar-refractivity contribution in [3.8, 4) is 17.6 Å². The SMILES string of the molecule is CC#CCOc1ccc(S(=O)(=O)N(O)C(=O)CCCCC(N)=O)cc1. The maximum Gasteiger partial charge on any atom is 0.289 e. The number of nitrogens with zero attached hydrogens (tertiary/aromatic N) is 1. The standard InChI is InChI=1S/C16H20N2O6S/c1-2-3-12-24-13-8-10-14(11-9-13)25(22,23)18(21)16(20)7-5-4-6-15(17)19/h8-11,21H,4-7,12H2,1H3,(H2,17,19). The summed E-state index contributed by atoms with van der Waals surface area (Å²) in [6, 6.07) is 5.23. The van der Waals surface area contributed by atoms with E-state index in [1.807, 2.05) is 0 Å². The molecule has 0 saturated carbocycles. The summed E-state index contributed by atoms with van der Waals surface area (Å²) in [5.41, 5.74) is 4.97. The number of amides is 2. The summed E-state index contributed by atoms with van der Waals surface area (Å²) < 4.78 is 29.4. The number of unbranched alkanes of at least 4 members (excludes halogenated alkanes) is 1. The third-order valence-electron chi connectivity index (χ3n) is 3.11. The van der Waals surface area contributed by atoms with Crippen LogP contribution in [0.15, 0.2) is 29.2 Å². The predicted octanol–water partition coefficient (Wildman–Crippen LogP) is 1.04. The van der Waals surface area contributed by atoms with Crippen LogP contribution < -0.4 is 10.5 Å². The Morgan fingerprint density at radius 2 is 1.80 bits per heavy atom. The first kappa shape index (κ1) is 20.5. The smallest absolute Gasteiger partial charge is 0.289 e. The van der Waals surface area contributed by atoms with Crippen molar-refractivity contribution in [3.05, 3.63) is 24.3 Å². The van der Waals surface area contributed by atoms with E-state index in [-0.39, 0.29) is 35.2 Å². The second-order valence-electron chi connectivity index (χ2n) is 5.00. The first-order valence-corrected chi connectivity index (χ1v) is 8.91. The first-order valence-electron chi connectivity index (χ1n) is 7.47. The number of sulfonamides is 1. The van der Waals surface area contributed by atoms with Crippen molar-refractivity contribution in [1.82, 2.24) is 4.47 Å². The molecule has 2 amide bonds. The van der Waals surface area contributed by atoms with Gasteiger partial charge < -0.3 is 10.5 Å². The van der Waals surface area contributed by atoms with Crippen LogP contribution in [0.3, 0.4) is 0 Å². The van der Waals surface area contributed by atoms with Gasteiger partial charge in [0, 0.05) is 12.8 Å². The Bertz CT molecular complexity index is 762. The quantitative estimate of drug-likeness (QED) is 0.290. The molecule has 0 fully saturated rings. The molecule has 25 heavy (non-hydrogen) atoms. The fourth-order valence-electron chi connectivity index (χ4n) is 1.80. The highest BCUT2D eigenvalue weighted by molar-refractivity contribution is 7.89. The van der Waals surface area contributed by atoms with Gasteiger partial charge in [-0.3, -0.25) is 14.8 Å². The fraction of sp³-hybridized carbons (Fsp3) is 0.375. The first-order chi connectivity index (χ1) is 11.8. The summed E-state index contributed by atoms with van der Waals surface area (Å²) in [5.74, 6) is 4.26. The van der Waals surface area contributed by atoms with Gasteiger partial charge in [-0.15, -0.1) is 10.4 Å². The third kappa shape index (κ3) is 6.45. The van der Waals surface area contributed by atoms with Crippen molar-refractivity contribution in [2.45, 2.75) is 37.5 Å². The highest BCUT2D eigenvalue weighted by Crippen LogP contribution is 2.19. The molecule has 0 heterocycles. The highest BCUT2D eigenvalue weighted by atomic mass is 32.2. The second-order valence-corrected chi connectivity index (χ2v) is 6.77. The molecule has 0 radical (unpaired) electrons. The zero-order valence-corrected chi connectivity index (χ0v) is 14.6. The average molecular weight is 368 g/mol. The molecular weight excluding hydrogens is 348 g/mol. The molecule has 3 N–H and O–H groups in total. The summed E-state index contributed by atoms with van der Waals surface area (Å²) in [5, 5.41) is 9.70. The van der Waals surface area contributed by atoms with E-state index >= 15 is 0 Å². The third-order valence-corrected chi connectivity index (χ3v) is 4.64. The Hall–Kier alpha value is -2.57. The summed E-state index contributed by atoms with van der Waals surface area (Å²) in [7, 11) is -4.37. The lowest BCUT2D eigenvalue weighted by Gasteiger charge is -2.15. The zero-order valence-electron chi connectivity index (χ0n) is 13.8. The van der Waals surface area contributed by atoms with Crippen molar-refractivity contribution in [2.24, 2.45) is 5.73 Å². The van der Waals surface area contributed by atoms with Crippen LogP contribution in [0.25, 0.3) is 0 Å².